The second-order valence-electron chi connectivity index (χ2n) is 4.79. The minimum atomic E-state index is 0.198. The topological polar surface area (TPSA) is 63.3 Å². The van der Waals surface area contributed by atoms with Crippen molar-refractivity contribution in [2.45, 2.75) is 0 Å². The number of phenolic OH excluding ortho intramolecular Hbond substituents is 1. The number of hydrogen-bond donors (Lipinski definition) is 1. The standard InChI is InChI=1S/C15H8ClIN4OS/c16-9-3-1-8(2-4-9)13-18-19-15-21(13)20-14(23-15)11-7-10(17)5-6-12(11)22/h1-7,22H. The number of rotatable bonds is 2. The van der Waals surface area contributed by atoms with Crippen LogP contribution in [0.15, 0.2) is 42.5 Å². The van der Waals surface area contributed by atoms with Crippen LogP contribution >= 0.6 is 45.5 Å². The summed E-state index contributed by atoms with van der Waals surface area (Å²) >= 11 is 9.51. The summed E-state index contributed by atoms with van der Waals surface area (Å²) in [4.78, 5) is 0.670. The molecule has 1 N–H and O–H groups in total. The number of aromatic nitrogens is 4. The van der Waals surface area contributed by atoms with Crippen molar-refractivity contribution in [2.24, 2.45) is 0 Å². The molecule has 8 heteroatoms. The van der Waals surface area contributed by atoms with E-state index < -0.39 is 0 Å². The van der Waals surface area contributed by atoms with Gasteiger partial charge in [0.1, 0.15) is 5.75 Å². The lowest BCUT2D eigenvalue weighted by atomic mass is 10.2. The Bertz CT molecular complexity index is 1010. The molecule has 4 aromatic rings. The van der Waals surface area contributed by atoms with E-state index >= 15 is 0 Å². The third-order valence-electron chi connectivity index (χ3n) is 3.28. The Morgan fingerprint density at radius 2 is 1.87 bits per heavy atom. The van der Waals surface area contributed by atoms with Crippen LogP contribution in [-0.2, 0) is 0 Å². The van der Waals surface area contributed by atoms with Gasteiger partial charge in [-0.15, -0.1) is 10.2 Å². The molecule has 0 radical (unpaired) electrons. The van der Waals surface area contributed by atoms with Crippen LogP contribution in [0.5, 0.6) is 5.75 Å². The van der Waals surface area contributed by atoms with E-state index in [0.29, 0.717) is 26.4 Å². The molecule has 0 aliphatic heterocycles. The second kappa shape index (κ2) is 5.73. The average molecular weight is 455 g/mol. The summed E-state index contributed by atoms with van der Waals surface area (Å²) in [6.45, 7) is 0. The maximum Gasteiger partial charge on any atom is 0.235 e. The smallest absolute Gasteiger partial charge is 0.235 e. The highest BCUT2D eigenvalue weighted by Gasteiger charge is 2.16. The maximum absolute atomic E-state index is 10.1. The Balaban J connectivity index is 1.86. The molecular formula is C15H8ClIN4OS. The van der Waals surface area contributed by atoms with E-state index in [-0.39, 0.29) is 5.75 Å². The fourth-order valence-corrected chi connectivity index (χ4v) is 3.67. The minimum Gasteiger partial charge on any atom is -0.507 e. The second-order valence-corrected chi connectivity index (χ2v) is 7.43. The molecule has 5 nitrogen and oxygen atoms in total. The van der Waals surface area contributed by atoms with E-state index in [1.807, 2.05) is 24.3 Å². The van der Waals surface area contributed by atoms with Crippen LogP contribution in [0.1, 0.15) is 0 Å². The summed E-state index contributed by atoms with van der Waals surface area (Å²) in [7, 11) is 0. The summed E-state index contributed by atoms with van der Waals surface area (Å²) in [5.74, 6) is 0.840. The van der Waals surface area contributed by atoms with Crippen LogP contribution in [0.3, 0.4) is 0 Å². The molecule has 0 saturated heterocycles. The number of nitrogens with zero attached hydrogens (tertiary/aromatic N) is 4. The number of phenols is 1. The summed E-state index contributed by atoms with van der Waals surface area (Å²) in [6.07, 6.45) is 0. The van der Waals surface area contributed by atoms with Crippen molar-refractivity contribution in [3.63, 3.8) is 0 Å². The molecule has 2 aromatic carbocycles. The zero-order valence-electron chi connectivity index (χ0n) is 11.4. The van der Waals surface area contributed by atoms with Crippen LogP contribution < -0.4 is 0 Å². The first-order valence-electron chi connectivity index (χ1n) is 6.59. The molecule has 0 saturated carbocycles. The lowest BCUT2D eigenvalue weighted by molar-refractivity contribution is 0.477. The lowest BCUT2D eigenvalue weighted by Crippen LogP contribution is -1.91. The van der Waals surface area contributed by atoms with Gasteiger partial charge >= 0.3 is 0 Å². The third-order valence-corrected chi connectivity index (χ3v) is 5.14. The van der Waals surface area contributed by atoms with Crippen LogP contribution in [0.25, 0.3) is 26.9 Å². The van der Waals surface area contributed by atoms with Crippen molar-refractivity contribution in [2.75, 3.05) is 0 Å². The van der Waals surface area contributed by atoms with E-state index in [9.17, 15) is 5.11 Å². The van der Waals surface area contributed by atoms with Gasteiger partial charge in [0.25, 0.3) is 0 Å². The number of fused-ring (bicyclic) bond motifs is 1. The highest BCUT2D eigenvalue weighted by molar-refractivity contribution is 14.1. The Morgan fingerprint density at radius 1 is 1.09 bits per heavy atom. The number of benzene rings is 2. The zero-order chi connectivity index (χ0) is 16.0. The normalized spacial score (nSPS) is 11.2. The molecule has 23 heavy (non-hydrogen) atoms. The zero-order valence-corrected chi connectivity index (χ0v) is 15.2. The summed E-state index contributed by atoms with van der Waals surface area (Å²) in [5, 5.41) is 24.3. The molecule has 0 bridgehead atoms. The first-order chi connectivity index (χ1) is 11.1. The fourth-order valence-electron chi connectivity index (χ4n) is 2.18. The number of aromatic hydroxyl groups is 1. The van der Waals surface area contributed by atoms with Crippen molar-refractivity contribution < 1.29 is 5.11 Å². The molecule has 0 fully saturated rings. The molecule has 2 aromatic heterocycles. The molecule has 114 valence electrons. The van der Waals surface area contributed by atoms with E-state index in [0.717, 1.165) is 9.13 Å². The van der Waals surface area contributed by atoms with Gasteiger partial charge < -0.3 is 5.11 Å². The summed E-state index contributed by atoms with van der Waals surface area (Å²) in [5.41, 5.74) is 1.57. The molecule has 4 rings (SSSR count). The van der Waals surface area contributed by atoms with E-state index in [1.54, 1.807) is 22.7 Å². The van der Waals surface area contributed by atoms with Gasteiger partial charge in [0.2, 0.25) is 4.96 Å². The molecule has 0 amide bonds. The van der Waals surface area contributed by atoms with Crippen molar-refractivity contribution in [3.8, 4) is 27.7 Å². The maximum atomic E-state index is 10.1. The monoisotopic (exact) mass is 454 g/mol. The van der Waals surface area contributed by atoms with Crippen LogP contribution in [0, 0.1) is 3.57 Å². The quantitative estimate of drug-likeness (QED) is 0.454. The highest BCUT2D eigenvalue weighted by atomic mass is 127. The Kier molecular flexibility index (Phi) is 3.70. The van der Waals surface area contributed by atoms with E-state index in [1.165, 1.54) is 11.3 Å². The van der Waals surface area contributed by atoms with Gasteiger partial charge in [-0.1, -0.05) is 22.9 Å². The molecule has 2 heterocycles. The predicted molar refractivity (Wildman–Crippen MR) is 98.9 cm³/mol. The summed E-state index contributed by atoms with van der Waals surface area (Å²) < 4.78 is 2.71. The minimum absolute atomic E-state index is 0.198. The van der Waals surface area contributed by atoms with Crippen molar-refractivity contribution in [3.05, 3.63) is 51.1 Å². The third kappa shape index (κ3) is 2.68. The molecular weight excluding hydrogens is 447 g/mol. The van der Waals surface area contributed by atoms with Gasteiger partial charge in [-0.2, -0.15) is 9.61 Å². The molecule has 0 atom stereocenters. The Labute approximate surface area is 153 Å². The van der Waals surface area contributed by atoms with Gasteiger partial charge in [0.15, 0.2) is 10.8 Å². The first-order valence-corrected chi connectivity index (χ1v) is 8.86. The molecule has 0 spiro atoms. The van der Waals surface area contributed by atoms with Crippen molar-refractivity contribution in [1.82, 2.24) is 19.8 Å². The average Bonchev–Trinajstić information content (AvgIpc) is 3.11. The van der Waals surface area contributed by atoms with Crippen LogP contribution in [0.2, 0.25) is 5.02 Å². The van der Waals surface area contributed by atoms with Gasteiger partial charge in [-0.05, 0) is 65.1 Å². The highest BCUT2D eigenvalue weighted by Crippen LogP contribution is 2.34. The summed E-state index contributed by atoms with van der Waals surface area (Å²) in [6, 6.07) is 12.8. The van der Waals surface area contributed by atoms with Gasteiger partial charge in [0, 0.05) is 14.2 Å². The van der Waals surface area contributed by atoms with Crippen molar-refractivity contribution >= 4 is 50.5 Å². The van der Waals surface area contributed by atoms with Crippen LogP contribution in [0.4, 0.5) is 0 Å². The van der Waals surface area contributed by atoms with Gasteiger partial charge in [-0.25, -0.2) is 0 Å². The predicted octanol–water partition coefficient (Wildman–Crippen LogP) is 4.48. The molecule has 0 unspecified atom stereocenters. The Hall–Kier alpha value is -1.71. The Morgan fingerprint density at radius 3 is 2.65 bits per heavy atom. The SMILES string of the molecule is Oc1ccc(I)cc1-c1nn2c(-c3ccc(Cl)cc3)nnc2s1. The molecule has 0 aliphatic carbocycles. The van der Waals surface area contributed by atoms with Gasteiger partial charge in [-0.3, -0.25) is 0 Å². The largest absolute Gasteiger partial charge is 0.507 e. The van der Waals surface area contributed by atoms with Crippen LogP contribution in [-0.4, -0.2) is 24.9 Å². The van der Waals surface area contributed by atoms with E-state index in [4.69, 9.17) is 11.6 Å². The first kappa shape index (κ1) is 14.9. The van der Waals surface area contributed by atoms with Gasteiger partial charge in [0.05, 0.1) is 5.56 Å². The van der Waals surface area contributed by atoms with E-state index in [2.05, 4.69) is 37.9 Å². The number of hydrogen-bond acceptors (Lipinski definition) is 5. The molecule has 0 aliphatic rings. The number of halogens is 2. The fraction of sp³-hybridized carbons (Fsp3) is 0. The van der Waals surface area contributed by atoms with Crippen molar-refractivity contribution in [1.29, 1.82) is 0 Å². The lowest BCUT2D eigenvalue weighted by Gasteiger charge is -2.01.